The second-order valence-corrected chi connectivity index (χ2v) is 12.4. The zero-order valence-corrected chi connectivity index (χ0v) is 27.5. The summed E-state index contributed by atoms with van der Waals surface area (Å²) in [6.07, 6.45) is 5.50. The number of carbonyl (C=O) groups is 1. The predicted molar refractivity (Wildman–Crippen MR) is 179 cm³/mol. The Labute approximate surface area is 274 Å². The molecule has 2 aromatic carbocycles. The second-order valence-electron chi connectivity index (χ2n) is 12.4. The van der Waals surface area contributed by atoms with Crippen LogP contribution in [0.25, 0.3) is 0 Å². The molecule has 4 aromatic rings. The maximum Gasteiger partial charge on any atom is 0.256 e. The highest BCUT2D eigenvalue weighted by molar-refractivity contribution is 6.04. The Hall–Kier alpha value is -4.83. The summed E-state index contributed by atoms with van der Waals surface area (Å²) in [7, 11) is 3.62. The molecule has 47 heavy (non-hydrogen) atoms. The number of piperazine rings is 1. The van der Waals surface area contributed by atoms with Crippen LogP contribution in [0, 0.1) is 24.6 Å². The number of anilines is 3. The molecule has 0 bridgehead atoms. The number of ether oxygens (including phenoxy) is 1. The van der Waals surface area contributed by atoms with E-state index in [0.717, 1.165) is 31.7 Å². The molecule has 0 aliphatic carbocycles. The molecule has 11 nitrogen and oxygen atoms in total. The van der Waals surface area contributed by atoms with Gasteiger partial charge in [0.1, 0.15) is 11.5 Å². The minimum Gasteiger partial charge on any atom is -0.478 e. The van der Waals surface area contributed by atoms with Crippen LogP contribution >= 0.6 is 0 Å². The topological polar surface area (TPSA) is 121 Å². The second kappa shape index (κ2) is 14.7. The number of amides is 1. The number of nitrogens with one attached hydrogen (secondary N) is 2. The van der Waals surface area contributed by atoms with E-state index in [1.54, 1.807) is 61.4 Å². The highest BCUT2D eigenvalue weighted by Gasteiger charge is 2.17. The lowest BCUT2D eigenvalue weighted by atomic mass is 10.0. The zero-order valence-electron chi connectivity index (χ0n) is 27.5. The van der Waals surface area contributed by atoms with Gasteiger partial charge >= 0.3 is 0 Å². The van der Waals surface area contributed by atoms with Crippen LogP contribution in [-0.4, -0.2) is 86.5 Å². The monoisotopic (exact) mass is 640 g/mol. The normalized spacial score (nSPS) is 13.9. The summed E-state index contributed by atoms with van der Waals surface area (Å²) >= 11 is 0. The number of methoxy groups -OCH3 is 1. The zero-order chi connectivity index (χ0) is 33.6. The summed E-state index contributed by atoms with van der Waals surface area (Å²) in [5.41, 5.74) is 3.38. The maximum absolute atomic E-state index is 14.9. The predicted octanol–water partition coefficient (Wildman–Crippen LogP) is 4.43. The van der Waals surface area contributed by atoms with E-state index in [1.807, 2.05) is 13.0 Å². The van der Waals surface area contributed by atoms with Gasteiger partial charge in [-0.15, -0.1) is 5.10 Å². The largest absolute Gasteiger partial charge is 0.478 e. The molecule has 3 heterocycles. The van der Waals surface area contributed by atoms with Crippen molar-refractivity contribution in [3.8, 4) is 17.7 Å². The third kappa shape index (κ3) is 9.36. The quantitative estimate of drug-likeness (QED) is 0.216. The molecular weight excluding hydrogens is 599 g/mol. The van der Waals surface area contributed by atoms with Gasteiger partial charge in [-0.05, 0) is 64.1 Å². The molecular formula is C35H41FN8O3. The standard InChI is InChI=1S/C35H41FN8O3/c1-24-6-8-27(32(45)39-29-11-10-28(30(36)19-29)22-43-16-14-42(4)15-17-43)18-26(24)9-7-25-20-37-34(38-21-25)40-31-23-44(41-33(31)47-5)13-12-35(2,3)46/h6,8,10-11,18-21,23,46H,12-17,22H2,1-5H3,(H,39,45)(H,37,38,40). The third-order valence-electron chi connectivity index (χ3n) is 7.91. The smallest absolute Gasteiger partial charge is 0.256 e. The number of hydrogen-bond donors (Lipinski definition) is 3. The van der Waals surface area contributed by atoms with Gasteiger partial charge in [-0.3, -0.25) is 14.4 Å². The van der Waals surface area contributed by atoms with Crippen LogP contribution in [-0.2, 0) is 13.1 Å². The van der Waals surface area contributed by atoms with E-state index < -0.39 is 5.60 Å². The lowest BCUT2D eigenvalue weighted by Gasteiger charge is -2.32. The van der Waals surface area contributed by atoms with Gasteiger partial charge in [0, 0.05) is 74.0 Å². The number of nitrogens with zero attached hydrogens (tertiary/aromatic N) is 6. The van der Waals surface area contributed by atoms with Crippen molar-refractivity contribution in [2.45, 2.75) is 45.9 Å². The molecule has 2 aromatic heterocycles. The Bertz CT molecular complexity index is 1760. The molecule has 0 atom stereocenters. The van der Waals surface area contributed by atoms with E-state index in [9.17, 15) is 14.3 Å². The molecule has 5 rings (SSSR count). The first-order valence-electron chi connectivity index (χ1n) is 15.5. The van der Waals surface area contributed by atoms with E-state index in [0.29, 0.717) is 65.0 Å². The van der Waals surface area contributed by atoms with Gasteiger partial charge in [-0.25, -0.2) is 14.4 Å². The molecule has 246 valence electrons. The van der Waals surface area contributed by atoms with Crippen LogP contribution in [0.15, 0.2) is 55.0 Å². The average molecular weight is 641 g/mol. The van der Waals surface area contributed by atoms with Crippen LogP contribution in [0.2, 0.25) is 0 Å². The summed E-state index contributed by atoms with van der Waals surface area (Å²) in [5, 5.41) is 20.3. The lowest BCUT2D eigenvalue weighted by molar-refractivity contribution is 0.0649. The molecule has 12 heteroatoms. The SMILES string of the molecule is COc1nn(CCC(C)(C)O)cc1Nc1ncc(C#Cc2cc(C(=O)Nc3ccc(CN4CCN(C)CC4)c(F)c3)ccc2C)cn1. The summed E-state index contributed by atoms with van der Waals surface area (Å²) in [5.74, 6) is 6.21. The van der Waals surface area contributed by atoms with Gasteiger partial charge in [-0.1, -0.05) is 24.0 Å². The van der Waals surface area contributed by atoms with Gasteiger partial charge in [0.15, 0.2) is 0 Å². The maximum atomic E-state index is 14.9. The van der Waals surface area contributed by atoms with Crippen molar-refractivity contribution in [1.82, 2.24) is 29.5 Å². The van der Waals surface area contributed by atoms with Gasteiger partial charge < -0.3 is 25.4 Å². The van der Waals surface area contributed by atoms with Crippen molar-refractivity contribution in [2.75, 3.05) is 51.0 Å². The molecule has 1 aliphatic rings. The minimum atomic E-state index is -0.808. The van der Waals surface area contributed by atoms with Crippen LogP contribution < -0.4 is 15.4 Å². The number of hydrogen-bond acceptors (Lipinski definition) is 9. The summed E-state index contributed by atoms with van der Waals surface area (Å²) < 4.78 is 22.0. The molecule has 1 amide bonds. The van der Waals surface area contributed by atoms with E-state index in [4.69, 9.17) is 4.74 Å². The van der Waals surface area contributed by atoms with Crippen LogP contribution in [0.5, 0.6) is 5.88 Å². The van der Waals surface area contributed by atoms with E-state index >= 15 is 0 Å². The number of benzene rings is 2. The fraction of sp³-hybridized carbons (Fsp3) is 0.371. The number of likely N-dealkylation sites (N-methyl/N-ethyl adjacent to an activating group) is 1. The number of aryl methyl sites for hydroxylation is 2. The third-order valence-corrected chi connectivity index (χ3v) is 7.91. The highest BCUT2D eigenvalue weighted by Crippen LogP contribution is 2.25. The molecule has 0 spiro atoms. The first kappa shape index (κ1) is 33.5. The number of aliphatic hydroxyl groups is 1. The van der Waals surface area contributed by atoms with Crippen LogP contribution in [0.4, 0.5) is 21.7 Å². The van der Waals surface area contributed by atoms with E-state index in [-0.39, 0.29) is 11.7 Å². The number of halogens is 1. The Morgan fingerprint density at radius 3 is 2.51 bits per heavy atom. The molecule has 1 aliphatic heterocycles. The van der Waals surface area contributed by atoms with Crippen molar-refractivity contribution < 1.29 is 19.0 Å². The number of rotatable bonds is 10. The fourth-order valence-electron chi connectivity index (χ4n) is 4.96. The van der Waals surface area contributed by atoms with Gasteiger partial charge in [0.25, 0.3) is 11.8 Å². The summed E-state index contributed by atoms with van der Waals surface area (Å²) in [6.45, 7) is 10.2. The number of aromatic nitrogens is 4. The van der Waals surface area contributed by atoms with E-state index in [1.165, 1.54) is 13.2 Å². The lowest BCUT2D eigenvalue weighted by Crippen LogP contribution is -2.44. The Kier molecular flexibility index (Phi) is 10.5. The molecule has 0 saturated carbocycles. The van der Waals surface area contributed by atoms with Crippen molar-refractivity contribution in [2.24, 2.45) is 0 Å². The molecule has 3 N–H and O–H groups in total. The minimum absolute atomic E-state index is 0.336. The van der Waals surface area contributed by atoms with E-state index in [2.05, 4.69) is 54.4 Å². The van der Waals surface area contributed by atoms with Gasteiger partial charge in [0.05, 0.1) is 24.5 Å². The van der Waals surface area contributed by atoms with Crippen molar-refractivity contribution in [3.05, 3.63) is 88.6 Å². The molecule has 0 unspecified atom stereocenters. The molecule has 1 saturated heterocycles. The summed E-state index contributed by atoms with van der Waals surface area (Å²) in [6, 6.07) is 10.1. The highest BCUT2D eigenvalue weighted by atomic mass is 19.1. The Balaban J connectivity index is 1.21. The summed E-state index contributed by atoms with van der Waals surface area (Å²) in [4.78, 5) is 26.3. The Morgan fingerprint density at radius 2 is 1.83 bits per heavy atom. The van der Waals surface area contributed by atoms with Crippen LogP contribution in [0.1, 0.15) is 52.9 Å². The molecule has 1 fully saturated rings. The van der Waals surface area contributed by atoms with Crippen molar-refractivity contribution in [1.29, 1.82) is 0 Å². The number of carbonyl (C=O) groups excluding carboxylic acids is 1. The Morgan fingerprint density at radius 1 is 1.09 bits per heavy atom. The fourth-order valence-corrected chi connectivity index (χ4v) is 4.96. The van der Waals surface area contributed by atoms with Crippen molar-refractivity contribution in [3.63, 3.8) is 0 Å². The first-order chi connectivity index (χ1) is 22.5. The average Bonchev–Trinajstić information content (AvgIpc) is 3.44. The van der Waals surface area contributed by atoms with Crippen LogP contribution in [0.3, 0.4) is 0 Å². The van der Waals surface area contributed by atoms with Gasteiger partial charge in [-0.2, -0.15) is 0 Å². The first-order valence-corrected chi connectivity index (χ1v) is 15.5. The van der Waals surface area contributed by atoms with Gasteiger partial charge in [0.2, 0.25) is 5.95 Å². The van der Waals surface area contributed by atoms with Crippen molar-refractivity contribution >= 4 is 23.2 Å². The molecule has 0 radical (unpaired) electrons.